The van der Waals surface area contributed by atoms with E-state index >= 15 is 0 Å². The molecule has 0 radical (unpaired) electrons. The SMILES string of the molecule is Cc1ccc(NC2=[NH+]CCC2)cc1Cl. The third-order valence-electron chi connectivity index (χ3n) is 2.41. The van der Waals surface area contributed by atoms with Crippen LogP contribution in [0.5, 0.6) is 0 Å². The van der Waals surface area contributed by atoms with Crippen LogP contribution in [0, 0.1) is 6.92 Å². The summed E-state index contributed by atoms with van der Waals surface area (Å²) in [6.45, 7) is 3.08. The molecule has 3 heteroatoms. The number of nitrogens with one attached hydrogen (secondary N) is 2. The number of anilines is 1. The average Bonchev–Trinajstić information content (AvgIpc) is 2.64. The van der Waals surface area contributed by atoms with Gasteiger partial charge in [-0.05, 0) is 25.0 Å². The number of amidine groups is 1. The molecule has 74 valence electrons. The van der Waals surface area contributed by atoms with E-state index in [4.69, 9.17) is 11.6 Å². The molecule has 14 heavy (non-hydrogen) atoms. The highest BCUT2D eigenvalue weighted by Gasteiger charge is 2.13. The van der Waals surface area contributed by atoms with Gasteiger partial charge >= 0.3 is 0 Å². The van der Waals surface area contributed by atoms with E-state index in [2.05, 4.69) is 10.3 Å². The molecular weight excluding hydrogens is 196 g/mol. The van der Waals surface area contributed by atoms with Crippen molar-refractivity contribution < 1.29 is 4.99 Å². The lowest BCUT2D eigenvalue weighted by molar-refractivity contribution is -0.447. The molecule has 0 bridgehead atoms. The van der Waals surface area contributed by atoms with Crippen LogP contribution < -0.4 is 10.3 Å². The van der Waals surface area contributed by atoms with E-state index in [-0.39, 0.29) is 0 Å². The Bertz CT molecular complexity index is 372. The summed E-state index contributed by atoms with van der Waals surface area (Å²) in [5.41, 5.74) is 2.17. The molecule has 2 rings (SSSR count). The van der Waals surface area contributed by atoms with Crippen molar-refractivity contribution in [2.75, 3.05) is 11.9 Å². The van der Waals surface area contributed by atoms with Gasteiger partial charge in [0.15, 0.2) is 0 Å². The van der Waals surface area contributed by atoms with Crippen LogP contribution in [-0.4, -0.2) is 12.4 Å². The summed E-state index contributed by atoms with van der Waals surface area (Å²) in [4.78, 5) is 3.30. The number of rotatable bonds is 1. The van der Waals surface area contributed by atoms with Crippen LogP contribution in [0.1, 0.15) is 18.4 Å². The van der Waals surface area contributed by atoms with E-state index in [9.17, 15) is 0 Å². The van der Waals surface area contributed by atoms with Crippen molar-refractivity contribution in [2.45, 2.75) is 19.8 Å². The molecule has 1 aromatic rings. The predicted molar refractivity (Wildman–Crippen MR) is 59.9 cm³/mol. The summed E-state index contributed by atoms with van der Waals surface area (Å²) < 4.78 is 0. The first-order valence-electron chi connectivity index (χ1n) is 4.88. The van der Waals surface area contributed by atoms with Gasteiger partial charge in [-0.1, -0.05) is 17.7 Å². The van der Waals surface area contributed by atoms with Crippen molar-refractivity contribution in [1.82, 2.24) is 0 Å². The summed E-state index contributed by atoms with van der Waals surface area (Å²) in [5.74, 6) is 1.20. The van der Waals surface area contributed by atoms with Crippen molar-refractivity contribution in [1.29, 1.82) is 0 Å². The fourth-order valence-corrected chi connectivity index (χ4v) is 1.72. The second kappa shape index (κ2) is 4.01. The van der Waals surface area contributed by atoms with Gasteiger partial charge in [0.2, 0.25) is 5.84 Å². The molecule has 0 fully saturated rings. The van der Waals surface area contributed by atoms with Gasteiger partial charge in [-0.3, -0.25) is 4.99 Å². The van der Waals surface area contributed by atoms with Gasteiger partial charge < -0.3 is 0 Å². The summed E-state index contributed by atoms with van der Waals surface area (Å²) in [5, 5.41) is 4.14. The summed E-state index contributed by atoms with van der Waals surface area (Å²) in [6.07, 6.45) is 2.31. The van der Waals surface area contributed by atoms with Crippen molar-refractivity contribution in [3.05, 3.63) is 28.8 Å². The Kier molecular flexibility index (Phi) is 2.73. The summed E-state index contributed by atoms with van der Waals surface area (Å²) >= 11 is 6.03. The predicted octanol–water partition coefficient (Wildman–Crippen LogP) is 1.33. The minimum absolute atomic E-state index is 0.814. The second-order valence-corrected chi connectivity index (χ2v) is 4.01. The first kappa shape index (κ1) is 9.53. The Morgan fingerprint density at radius 3 is 2.93 bits per heavy atom. The standard InChI is InChI=1S/C11H13ClN2/c1-8-4-5-9(7-10(8)12)14-11-3-2-6-13-11/h4-5,7H,2-3,6H2,1H3,(H,13,14)/p+1. The van der Waals surface area contributed by atoms with Crippen molar-refractivity contribution in [3.63, 3.8) is 0 Å². The summed E-state index contributed by atoms with van der Waals surface area (Å²) in [6, 6.07) is 6.04. The molecule has 0 saturated heterocycles. The largest absolute Gasteiger partial charge is 0.278 e. The number of halogens is 1. The normalized spacial score (nSPS) is 15.4. The van der Waals surface area contributed by atoms with Crippen LogP contribution in [0.25, 0.3) is 0 Å². The third-order valence-corrected chi connectivity index (χ3v) is 2.82. The molecule has 1 aliphatic heterocycles. The van der Waals surface area contributed by atoms with E-state index in [0.717, 1.165) is 29.2 Å². The van der Waals surface area contributed by atoms with E-state index < -0.39 is 0 Å². The van der Waals surface area contributed by atoms with Crippen LogP contribution in [-0.2, 0) is 0 Å². The molecule has 1 heterocycles. The molecule has 1 aliphatic rings. The van der Waals surface area contributed by atoms with Crippen LogP contribution in [0.3, 0.4) is 0 Å². The highest BCUT2D eigenvalue weighted by molar-refractivity contribution is 6.31. The molecule has 1 aromatic carbocycles. The number of aryl methyl sites for hydroxylation is 1. The van der Waals surface area contributed by atoms with Gasteiger partial charge in [0.25, 0.3) is 0 Å². The zero-order valence-corrected chi connectivity index (χ0v) is 8.99. The Labute approximate surface area is 89.0 Å². The highest BCUT2D eigenvalue weighted by atomic mass is 35.5. The molecule has 2 N–H and O–H groups in total. The summed E-state index contributed by atoms with van der Waals surface area (Å²) in [7, 11) is 0. The number of benzene rings is 1. The van der Waals surface area contributed by atoms with E-state index in [1.165, 1.54) is 12.3 Å². The first-order chi connectivity index (χ1) is 6.75. The maximum absolute atomic E-state index is 6.03. The number of hydrogen-bond acceptors (Lipinski definition) is 1. The van der Waals surface area contributed by atoms with Crippen molar-refractivity contribution in [2.24, 2.45) is 0 Å². The lowest BCUT2D eigenvalue weighted by atomic mass is 10.2. The lowest BCUT2D eigenvalue weighted by Gasteiger charge is -2.01. The topological polar surface area (TPSA) is 26.0 Å². The maximum Gasteiger partial charge on any atom is 0.247 e. The quantitative estimate of drug-likeness (QED) is 0.717. The molecular formula is C11H14ClN2+. The minimum Gasteiger partial charge on any atom is -0.278 e. The monoisotopic (exact) mass is 209 g/mol. The Hall–Kier alpha value is -1.02. The second-order valence-electron chi connectivity index (χ2n) is 3.60. The fraction of sp³-hybridized carbons (Fsp3) is 0.364. The Balaban J connectivity index is 2.13. The van der Waals surface area contributed by atoms with Crippen LogP contribution in [0.4, 0.5) is 5.69 Å². The van der Waals surface area contributed by atoms with Gasteiger partial charge in [-0.25, -0.2) is 5.32 Å². The van der Waals surface area contributed by atoms with E-state index in [1.54, 1.807) is 0 Å². The van der Waals surface area contributed by atoms with E-state index in [1.807, 2.05) is 25.1 Å². The van der Waals surface area contributed by atoms with Gasteiger partial charge in [-0.2, -0.15) is 0 Å². The van der Waals surface area contributed by atoms with Crippen molar-refractivity contribution in [3.8, 4) is 0 Å². The third kappa shape index (κ3) is 2.07. The van der Waals surface area contributed by atoms with E-state index in [0.29, 0.717) is 0 Å². The minimum atomic E-state index is 0.814. The molecule has 0 atom stereocenters. The molecule has 2 nitrogen and oxygen atoms in total. The average molecular weight is 210 g/mol. The van der Waals surface area contributed by atoms with Gasteiger partial charge in [-0.15, -0.1) is 0 Å². The first-order valence-corrected chi connectivity index (χ1v) is 5.26. The zero-order valence-electron chi connectivity index (χ0n) is 8.23. The Morgan fingerprint density at radius 2 is 2.29 bits per heavy atom. The van der Waals surface area contributed by atoms with Gasteiger partial charge in [0.05, 0.1) is 13.0 Å². The van der Waals surface area contributed by atoms with Crippen LogP contribution >= 0.6 is 11.6 Å². The zero-order chi connectivity index (χ0) is 9.97. The number of hydrogen-bond donors (Lipinski definition) is 2. The molecule has 0 aromatic heterocycles. The molecule has 0 saturated carbocycles. The fourth-order valence-electron chi connectivity index (χ4n) is 1.54. The molecule has 0 amide bonds. The van der Waals surface area contributed by atoms with Gasteiger partial charge in [0, 0.05) is 11.1 Å². The molecule has 0 spiro atoms. The van der Waals surface area contributed by atoms with Crippen molar-refractivity contribution >= 4 is 23.1 Å². The molecule has 0 aliphatic carbocycles. The highest BCUT2D eigenvalue weighted by Crippen LogP contribution is 2.19. The van der Waals surface area contributed by atoms with Crippen LogP contribution in [0.2, 0.25) is 5.02 Å². The maximum atomic E-state index is 6.03. The molecule has 0 unspecified atom stereocenters. The lowest BCUT2D eigenvalue weighted by Crippen LogP contribution is -2.70. The smallest absolute Gasteiger partial charge is 0.247 e. The van der Waals surface area contributed by atoms with Crippen LogP contribution in [0.15, 0.2) is 18.2 Å². The Morgan fingerprint density at radius 1 is 1.43 bits per heavy atom. The van der Waals surface area contributed by atoms with Gasteiger partial charge in [0.1, 0.15) is 5.69 Å².